The van der Waals surface area contributed by atoms with E-state index >= 15 is 4.39 Å². The monoisotopic (exact) mass is 504 g/mol. The van der Waals surface area contributed by atoms with Crippen LogP contribution in [0.1, 0.15) is 54.3 Å². The minimum Gasteiger partial charge on any atom is -0.770 e. The molecule has 7 nitrogen and oxygen atoms in total. The number of halogens is 4. The molecule has 0 amide bonds. The van der Waals surface area contributed by atoms with Gasteiger partial charge in [-0.25, -0.2) is 4.39 Å². The summed E-state index contributed by atoms with van der Waals surface area (Å²) in [7, 11) is 0. The fourth-order valence-corrected chi connectivity index (χ4v) is 4.81. The predicted molar refractivity (Wildman–Crippen MR) is 125 cm³/mol. The SMILES string of the molecule is Cc1cc(F)c(-c2noc(C)n2)c(-c2ccc3c(c2)CCCC3NN([O-])C2(NCC(F)(F)F)CC2)c1. The number of fused-ring (bicyclic) bond motifs is 1. The lowest BCUT2D eigenvalue weighted by Gasteiger charge is -2.42. The first-order chi connectivity index (χ1) is 17.0. The molecule has 1 fully saturated rings. The van der Waals surface area contributed by atoms with Crippen LogP contribution < -0.4 is 10.7 Å². The van der Waals surface area contributed by atoms with Gasteiger partial charge >= 0.3 is 6.18 Å². The number of nitrogens with zero attached hydrogens (tertiary/aromatic N) is 3. The molecule has 5 rings (SSSR count). The summed E-state index contributed by atoms with van der Waals surface area (Å²) in [4.78, 5) is 4.20. The van der Waals surface area contributed by atoms with Gasteiger partial charge in [0.15, 0.2) is 0 Å². The number of aromatic nitrogens is 2. The first kappa shape index (κ1) is 24.8. The number of hydroxylamine groups is 1. The van der Waals surface area contributed by atoms with E-state index in [1.807, 2.05) is 24.3 Å². The van der Waals surface area contributed by atoms with Gasteiger partial charge in [0.1, 0.15) is 5.82 Å². The Hall–Kier alpha value is -2.86. The summed E-state index contributed by atoms with van der Waals surface area (Å²) in [5.41, 5.74) is 5.95. The third-order valence-electron chi connectivity index (χ3n) is 6.76. The van der Waals surface area contributed by atoms with Crippen LogP contribution in [0, 0.1) is 24.9 Å². The lowest BCUT2D eigenvalue weighted by atomic mass is 9.85. The summed E-state index contributed by atoms with van der Waals surface area (Å²) in [5.74, 6) is 0.0436. The highest BCUT2D eigenvalue weighted by molar-refractivity contribution is 5.82. The van der Waals surface area contributed by atoms with Gasteiger partial charge in [0.25, 0.3) is 0 Å². The van der Waals surface area contributed by atoms with Crippen molar-refractivity contribution in [2.24, 2.45) is 0 Å². The molecule has 1 heterocycles. The zero-order valence-electron chi connectivity index (χ0n) is 19.9. The van der Waals surface area contributed by atoms with Gasteiger partial charge in [0, 0.05) is 13.0 Å². The first-order valence-electron chi connectivity index (χ1n) is 11.8. The lowest BCUT2D eigenvalue weighted by molar-refractivity contribution is -0.130. The molecule has 2 N–H and O–H groups in total. The number of aryl methyl sites for hydroxylation is 3. The van der Waals surface area contributed by atoms with Gasteiger partial charge in [0.05, 0.1) is 17.8 Å². The van der Waals surface area contributed by atoms with Crippen molar-refractivity contribution in [1.29, 1.82) is 0 Å². The summed E-state index contributed by atoms with van der Waals surface area (Å²) in [6.07, 6.45) is -1.47. The summed E-state index contributed by atoms with van der Waals surface area (Å²) >= 11 is 0. The van der Waals surface area contributed by atoms with Crippen molar-refractivity contribution in [3.8, 4) is 22.5 Å². The fraction of sp³-hybridized carbons (Fsp3) is 0.440. The number of alkyl halides is 3. The lowest BCUT2D eigenvalue weighted by Crippen LogP contribution is -2.54. The van der Waals surface area contributed by atoms with Crippen molar-refractivity contribution in [1.82, 2.24) is 26.1 Å². The molecule has 11 heteroatoms. The Kier molecular flexibility index (Phi) is 6.36. The second-order valence-corrected chi connectivity index (χ2v) is 9.59. The number of nitrogens with one attached hydrogen (secondary N) is 2. The smallest absolute Gasteiger partial charge is 0.401 e. The predicted octanol–water partition coefficient (Wildman–Crippen LogP) is 5.48. The highest BCUT2D eigenvalue weighted by Crippen LogP contribution is 2.41. The normalized spacial score (nSPS) is 18.9. The Morgan fingerprint density at radius 3 is 2.64 bits per heavy atom. The van der Waals surface area contributed by atoms with E-state index in [9.17, 15) is 18.4 Å². The van der Waals surface area contributed by atoms with Crippen LogP contribution in [-0.2, 0) is 6.42 Å². The minimum atomic E-state index is -4.39. The van der Waals surface area contributed by atoms with Crippen molar-refractivity contribution in [2.45, 2.75) is 63.8 Å². The van der Waals surface area contributed by atoms with E-state index in [2.05, 4.69) is 20.9 Å². The summed E-state index contributed by atoms with van der Waals surface area (Å²) in [5, 5.41) is 19.6. The second kappa shape index (κ2) is 9.22. The van der Waals surface area contributed by atoms with Gasteiger partial charge in [-0.05, 0) is 72.9 Å². The Labute approximate surface area is 205 Å². The van der Waals surface area contributed by atoms with Crippen LogP contribution in [0.15, 0.2) is 34.9 Å². The summed E-state index contributed by atoms with van der Waals surface area (Å²) in [6.45, 7) is 2.23. The van der Waals surface area contributed by atoms with E-state index in [0.717, 1.165) is 35.1 Å². The Morgan fingerprint density at radius 2 is 1.97 bits per heavy atom. The van der Waals surface area contributed by atoms with Crippen molar-refractivity contribution in [3.63, 3.8) is 0 Å². The second-order valence-electron chi connectivity index (χ2n) is 9.59. The number of hydrogen-bond donors (Lipinski definition) is 2. The average molecular weight is 505 g/mol. The molecule has 2 aliphatic carbocycles. The number of benzene rings is 2. The summed E-state index contributed by atoms with van der Waals surface area (Å²) in [6, 6.07) is 8.67. The van der Waals surface area contributed by atoms with Crippen molar-refractivity contribution < 1.29 is 22.1 Å². The van der Waals surface area contributed by atoms with Crippen LogP contribution in [-0.4, -0.2) is 33.7 Å². The molecule has 192 valence electrons. The van der Waals surface area contributed by atoms with E-state index in [1.165, 1.54) is 6.07 Å². The van der Waals surface area contributed by atoms with Gasteiger partial charge in [-0.3, -0.25) is 10.7 Å². The quantitative estimate of drug-likeness (QED) is 0.250. The Bertz CT molecular complexity index is 1270. The number of rotatable bonds is 7. The molecule has 1 aromatic heterocycles. The molecular formula is C25H26F4N5O2-. The average Bonchev–Trinajstić information content (AvgIpc) is 3.50. The zero-order chi connectivity index (χ0) is 25.7. The van der Waals surface area contributed by atoms with Crippen LogP contribution in [0.5, 0.6) is 0 Å². The first-order valence-corrected chi connectivity index (χ1v) is 11.8. The van der Waals surface area contributed by atoms with Crippen LogP contribution >= 0.6 is 0 Å². The van der Waals surface area contributed by atoms with E-state index < -0.39 is 24.2 Å². The standard InChI is InChI=1S/C25H26F4N5O2/c1-14-10-19(22(20(26)11-14)23-31-15(2)36-33-23)17-6-7-18-16(12-17)4-3-5-21(18)32-34(35)24(8-9-24)30-13-25(27,28)29/h6-7,10-12,21,30,32H,3-5,8-9,13H2,1-2H3/q-1. The highest BCUT2D eigenvalue weighted by atomic mass is 19.4. The maximum absolute atomic E-state index is 15.0. The van der Waals surface area contributed by atoms with E-state index in [1.54, 1.807) is 13.8 Å². The fourth-order valence-electron chi connectivity index (χ4n) is 4.81. The van der Waals surface area contributed by atoms with Crippen LogP contribution in [0.3, 0.4) is 0 Å². The van der Waals surface area contributed by atoms with E-state index in [4.69, 9.17) is 4.52 Å². The molecule has 2 aliphatic rings. The topological polar surface area (TPSA) is 89.3 Å². The Morgan fingerprint density at radius 1 is 1.19 bits per heavy atom. The molecule has 0 saturated heterocycles. The van der Waals surface area contributed by atoms with Gasteiger partial charge in [-0.2, -0.15) is 18.2 Å². The van der Waals surface area contributed by atoms with E-state index in [0.29, 0.717) is 35.9 Å². The van der Waals surface area contributed by atoms with Crippen molar-refractivity contribution >= 4 is 0 Å². The van der Waals surface area contributed by atoms with Crippen molar-refractivity contribution in [3.05, 3.63) is 63.9 Å². The van der Waals surface area contributed by atoms with Crippen LogP contribution in [0.25, 0.3) is 22.5 Å². The Balaban J connectivity index is 1.42. The largest absolute Gasteiger partial charge is 0.770 e. The molecule has 0 spiro atoms. The molecule has 1 atom stereocenters. The molecule has 0 aliphatic heterocycles. The maximum Gasteiger partial charge on any atom is 0.401 e. The van der Waals surface area contributed by atoms with Gasteiger partial charge in [-0.1, -0.05) is 29.4 Å². The van der Waals surface area contributed by atoms with E-state index in [-0.39, 0.29) is 17.4 Å². The molecule has 1 saturated carbocycles. The van der Waals surface area contributed by atoms with Crippen LogP contribution in [0.2, 0.25) is 0 Å². The molecular weight excluding hydrogens is 478 g/mol. The van der Waals surface area contributed by atoms with Gasteiger partial charge in [0.2, 0.25) is 11.7 Å². The minimum absolute atomic E-state index is 0.167. The third-order valence-corrected chi connectivity index (χ3v) is 6.76. The van der Waals surface area contributed by atoms with Gasteiger partial charge < -0.3 is 14.9 Å². The number of hydrazine groups is 1. The zero-order valence-corrected chi connectivity index (χ0v) is 19.9. The molecule has 3 aromatic rings. The number of hydrogen-bond acceptors (Lipinski definition) is 7. The molecule has 1 unspecified atom stereocenters. The third kappa shape index (κ3) is 5.01. The van der Waals surface area contributed by atoms with Crippen LogP contribution in [0.4, 0.5) is 17.6 Å². The molecule has 36 heavy (non-hydrogen) atoms. The van der Waals surface area contributed by atoms with Crippen molar-refractivity contribution in [2.75, 3.05) is 6.54 Å². The highest BCUT2D eigenvalue weighted by Gasteiger charge is 2.47. The molecule has 0 bridgehead atoms. The summed E-state index contributed by atoms with van der Waals surface area (Å²) < 4.78 is 58.1. The maximum atomic E-state index is 15.0. The van der Waals surface area contributed by atoms with Gasteiger partial charge in [-0.15, -0.1) is 0 Å². The molecule has 0 radical (unpaired) electrons. The molecule has 2 aromatic carbocycles.